The van der Waals surface area contributed by atoms with Gasteiger partial charge in [-0.1, -0.05) is 29.8 Å². The van der Waals surface area contributed by atoms with E-state index in [1.807, 2.05) is 6.92 Å². The third-order valence-corrected chi connectivity index (χ3v) is 3.80. The third-order valence-electron chi connectivity index (χ3n) is 3.80. The van der Waals surface area contributed by atoms with E-state index < -0.39 is 0 Å². The molecule has 1 aromatic rings. The van der Waals surface area contributed by atoms with E-state index in [0.717, 1.165) is 18.5 Å². The van der Waals surface area contributed by atoms with Crippen LogP contribution in [0.5, 0.6) is 0 Å². The van der Waals surface area contributed by atoms with E-state index in [4.69, 9.17) is 0 Å². The first-order chi connectivity index (χ1) is 8.58. The molecule has 0 aliphatic carbocycles. The van der Waals surface area contributed by atoms with E-state index in [0.29, 0.717) is 0 Å². The maximum absolute atomic E-state index is 12.2. The molecule has 1 aliphatic rings. The average Bonchev–Trinajstić information content (AvgIpc) is 2.76. The molecule has 0 aromatic heterocycles. The molecule has 0 bridgehead atoms. The first-order valence-electron chi connectivity index (χ1n) is 6.68. The second kappa shape index (κ2) is 5.53. The molecule has 1 fully saturated rings. The van der Waals surface area contributed by atoms with Gasteiger partial charge in [0, 0.05) is 6.04 Å². The maximum Gasteiger partial charge on any atom is 0.225 e. The molecule has 1 saturated heterocycles. The summed E-state index contributed by atoms with van der Waals surface area (Å²) in [6.07, 6.45) is 0.938. The lowest BCUT2D eigenvalue weighted by Gasteiger charge is -2.19. The molecule has 3 heteroatoms. The van der Waals surface area contributed by atoms with E-state index in [9.17, 15) is 4.79 Å². The summed E-state index contributed by atoms with van der Waals surface area (Å²) in [5.41, 5.74) is 2.40. The monoisotopic (exact) mass is 246 g/mol. The molecule has 2 rings (SSSR count). The number of rotatable bonds is 3. The zero-order valence-electron chi connectivity index (χ0n) is 11.4. The zero-order chi connectivity index (χ0) is 13.1. The van der Waals surface area contributed by atoms with Gasteiger partial charge in [0.1, 0.15) is 0 Å². The van der Waals surface area contributed by atoms with E-state index in [2.05, 4.69) is 48.7 Å². The quantitative estimate of drug-likeness (QED) is 0.858. The molecule has 2 N–H and O–H groups in total. The zero-order valence-corrected chi connectivity index (χ0v) is 11.4. The van der Waals surface area contributed by atoms with Crippen LogP contribution in [0.4, 0.5) is 0 Å². The first-order valence-corrected chi connectivity index (χ1v) is 6.68. The Morgan fingerprint density at radius 3 is 2.61 bits per heavy atom. The van der Waals surface area contributed by atoms with Gasteiger partial charge in [0.15, 0.2) is 0 Å². The van der Waals surface area contributed by atoms with Crippen LogP contribution < -0.4 is 10.6 Å². The van der Waals surface area contributed by atoms with Crippen LogP contribution in [0.2, 0.25) is 0 Å². The van der Waals surface area contributed by atoms with Gasteiger partial charge in [-0.05, 0) is 39.3 Å². The number of amides is 1. The van der Waals surface area contributed by atoms with Crippen LogP contribution in [-0.2, 0) is 4.79 Å². The minimum Gasteiger partial charge on any atom is -0.349 e. The van der Waals surface area contributed by atoms with E-state index in [1.54, 1.807) is 0 Å². The molecule has 1 aromatic carbocycles. The van der Waals surface area contributed by atoms with Crippen molar-refractivity contribution in [3.05, 3.63) is 35.4 Å². The summed E-state index contributed by atoms with van der Waals surface area (Å²) in [6.45, 7) is 7.13. The Bertz CT molecular complexity index is 413. The van der Waals surface area contributed by atoms with Crippen molar-refractivity contribution >= 4 is 5.91 Å². The number of carbonyl (C=O) groups excluding carboxylic acids is 1. The SMILES string of the molecule is Cc1ccc([C@@H](C)NC(=O)C2CCNC2C)cc1. The van der Waals surface area contributed by atoms with Crippen LogP contribution in [0.15, 0.2) is 24.3 Å². The Morgan fingerprint density at radius 1 is 1.39 bits per heavy atom. The van der Waals surface area contributed by atoms with Gasteiger partial charge in [0.25, 0.3) is 0 Å². The molecule has 1 amide bonds. The predicted octanol–water partition coefficient (Wildman–Crippen LogP) is 2.17. The van der Waals surface area contributed by atoms with Gasteiger partial charge in [-0.2, -0.15) is 0 Å². The van der Waals surface area contributed by atoms with Gasteiger partial charge in [-0.15, -0.1) is 0 Å². The summed E-state index contributed by atoms with van der Waals surface area (Å²) in [5, 5.41) is 6.42. The maximum atomic E-state index is 12.2. The standard InChI is InChI=1S/C15H22N2O/c1-10-4-6-13(7-5-10)11(2)17-15(18)14-8-9-16-12(14)3/h4-7,11-12,14,16H,8-9H2,1-3H3,(H,17,18)/t11-,12?,14?/m1/s1. The van der Waals surface area contributed by atoms with E-state index in [1.165, 1.54) is 5.56 Å². The van der Waals surface area contributed by atoms with E-state index >= 15 is 0 Å². The Morgan fingerprint density at radius 2 is 2.06 bits per heavy atom. The summed E-state index contributed by atoms with van der Waals surface area (Å²) in [7, 11) is 0. The van der Waals surface area contributed by atoms with Crippen LogP contribution >= 0.6 is 0 Å². The van der Waals surface area contributed by atoms with Gasteiger partial charge in [0.2, 0.25) is 5.91 Å². The number of benzene rings is 1. The molecule has 18 heavy (non-hydrogen) atoms. The van der Waals surface area contributed by atoms with Gasteiger partial charge in [-0.3, -0.25) is 4.79 Å². The highest BCUT2D eigenvalue weighted by Crippen LogP contribution is 2.18. The van der Waals surface area contributed by atoms with Crippen molar-refractivity contribution in [1.29, 1.82) is 0 Å². The summed E-state index contributed by atoms with van der Waals surface area (Å²) in [4.78, 5) is 12.2. The van der Waals surface area contributed by atoms with Crippen LogP contribution in [0, 0.1) is 12.8 Å². The number of hydrogen-bond acceptors (Lipinski definition) is 2. The fraction of sp³-hybridized carbons (Fsp3) is 0.533. The fourth-order valence-corrected chi connectivity index (χ4v) is 2.48. The molecular weight excluding hydrogens is 224 g/mol. The summed E-state index contributed by atoms with van der Waals surface area (Å²) in [5.74, 6) is 0.276. The number of aryl methyl sites for hydroxylation is 1. The molecule has 98 valence electrons. The second-order valence-electron chi connectivity index (χ2n) is 5.28. The highest BCUT2D eigenvalue weighted by molar-refractivity contribution is 5.80. The Balaban J connectivity index is 1.96. The minimum atomic E-state index is 0.0749. The summed E-state index contributed by atoms with van der Waals surface area (Å²) < 4.78 is 0. The van der Waals surface area contributed by atoms with E-state index in [-0.39, 0.29) is 23.9 Å². The van der Waals surface area contributed by atoms with Crippen LogP contribution in [-0.4, -0.2) is 18.5 Å². The minimum absolute atomic E-state index is 0.0749. The van der Waals surface area contributed by atoms with Crippen LogP contribution in [0.1, 0.15) is 37.4 Å². The van der Waals surface area contributed by atoms with Gasteiger partial charge >= 0.3 is 0 Å². The first kappa shape index (κ1) is 13.1. The van der Waals surface area contributed by atoms with Crippen molar-refractivity contribution in [2.45, 2.75) is 39.3 Å². The largest absolute Gasteiger partial charge is 0.349 e. The highest BCUT2D eigenvalue weighted by Gasteiger charge is 2.29. The third kappa shape index (κ3) is 2.91. The van der Waals surface area contributed by atoms with Gasteiger partial charge < -0.3 is 10.6 Å². The van der Waals surface area contributed by atoms with Crippen molar-refractivity contribution in [3.8, 4) is 0 Å². The molecule has 0 saturated carbocycles. The molecule has 1 heterocycles. The molecule has 2 unspecified atom stereocenters. The molecule has 0 radical (unpaired) electrons. The highest BCUT2D eigenvalue weighted by atomic mass is 16.2. The number of nitrogens with one attached hydrogen (secondary N) is 2. The van der Waals surface area contributed by atoms with Crippen molar-refractivity contribution in [2.75, 3.05) is 6.54 Å². The summed E-state index contributed by atoms with van der Waals surface area (Å²) in [6, 6.07) is 8.68. The smallest absolute Gasteiger partial charge is 0.225 e. The van der Waals surface area contributed by atoms with Crippen molar-refractivity contribution in [1.82, 2.24) is 10.6 Å². The lowest BCUT2D eigenvalue weighted by atomic mass is 9.99. The van der Waals surface area contributed by atoms with Gasteiger partial charge in [-0.25, -0.2) is 0 Å². The average molecular weight is 246 g/mol. The normalized spacial score (nSPS) is 24.8. The molecule has 3 atom stereocenters. The molecular formula is C15H22N2O. The summed E-state index contributed by atoms with van der Waals surface area (Å²) >= 11 is 0. The Kier molecular flexibility index (Phi) is 4.02. The number of hydrogen-bond donors (Lipinski definition) is 2. The predicted molar refractivity (Wildman–Crippen MR) is 73.3 cm³/mol. The topological polar surface area (TPSA) is 41.1 Å². The molecule has 3 nitrogen and oxygen atoms in total. The number of carbonyl (C=O) groups is 1. The second-order valence-corrected chi connectivity index (χ2v) is 5.28. The van der Waals surface area contributed by atoms with Crippen molar-refractivity contribution < 1.29 is 4.79 Å². The Hall–Kier alpha value is -1.35. The lowest BCUT2D eigenvalue weighted by Crippen LogP contribution is -2.37. The van der Waals surface area contributed by atoms with Crippen molar-refractivity contribution in [2.24, 2.45) is 5.92 Å². The fourth-order valence-electron chi connectivity index (χ4n) is 2.48. The van der Waals surface area contributed by atoms with Gasteiger partial charge in [0.05, 0.1) is 12.0 Å². The Labute approximate surface area is 109 Å². The van der Waals surface area contributed by atoms with Crippen LogP contribution in [0.3, 0.4) is 0 Å². The molecule has 1 aliphatic heterocycles. The van der Waals surface area contributed by atoms with Crippen LogP contribution in [0.25, 0.3) is 0 Å². The lowest BCUT2D eigenvalue weighted by molar-refractivity contribution is -0.125. The van der Waals surface area contributed by atoms with Crippen molar-refractivity contribution in [3.63, 3.8) is 0 Å². The molecule has 0 spiro atoms.